The molecule has 0 aromatic rings. The van der Waals surface area contributed by atoms with Crippen molar-refractivity contribution in [1.29, 1.82) is 0 Å². The first kappa shape index (κ1) is 11.0. The van der Waals surface area contributed by atoms with Crippen molar-refractivity contribution in [2.24, 2.45) is 17.8 Å². The molecule has 0 heterocycles. The Morgan fingerprint density at radius 1 is 1.07 bits per heavy atom. The van der Waals surface area contributed by atoms with Gasteiger partial charge >= 0.3 is 0 Å². The van der Waals surface area contributed by atoms with Gasteiger partial charge in [-0.1, -0.05) is 37.5 Å². The maximum absolute atomic E-state index is 3.76. The number of unbranched alkanes of at least 4 members (excludes halogenated alkanes) is 4. The summed E-state index contributed by atoms with van der Waals surface area (Å²) in [6.07, 6.45) is 18.3. The van der Waals surface area contributed by atoms with Gasteiger partial charge in [-0.15, -0.1) is 6.58 Å². The van der Waals surface area contributed by atoms with E-state index in [0.29, 0.717) is 0 Å². The third-order valence-corrected chi connectivity index (χ3v) is 4.15. The summed E-state index contributed by atoms with van der Waals surface area (Å²) in [5.74, 6) is 2.96. The standard InChI is InChI=1S/C15H24/c1-2-3-4-5-6-7-8-14-11-13-9-10-15(14)12-13/h2,9-10,13-15H,1,3-8,11-12H2. The molecule has 0 aromatic heterocycles. The topological polar surface area (TPSA) is 0 Å². The van der Waals surface area contributed by atoms with Crippen LogP contribution >= 0.6 is 0 Å². The summed E-state index contributed by atoms with van der Waals surface area (Å²) < 4.78 is 0. The SMILES string of the molecule is C=CCCCCCCC1CC2C=CC1C2. The second kappa shape index (κ2) is 5.53. The summed E-state index contributed by atoms with van der Waals surface area (Å²) in [7, 11) is 0. The first-order valence-electron chi connectivity index (χ1n) is 6.69. The molecule has 3 unspecified atom stereocenters. The lowest BCUT2D eigenvalue weighted by Gasteiger charge is -2.17. The maximum Gasteiger partial charge on any atom is -0.0199 e. The van der Waals surface area contributed by atoms with E-state index in [1.807, 2.05) is 6.08 Å². The molecule has 0 N–H and O–H groups in total. The summed E-state index contributed by atoms with van der Waals surface area (Å²) in [6, 6.07) is 0. The van der Waals surface area contributed by atoms with E-state index in [2.05, 4.69) is 18.7 Å². The number of rotatable bonds is 7. The molecular formula is C15H24. The van der Waals surface area contributed by atoms with Crippen LogP contribution in [-0.2, 0) is 0 Å². The quantitative estimate of drug-likeness (QED) is 0.415. The van der Waals surface area contributed by atoms with E-state index in [1.54, 1.807) is 0 Å². The van der Waals surface area contributed by atoms with E-state index < -0.39 is 0 Å². The van der Waals surface area contributed by atoms with Crippen LogP contribution in [-0.4, -0.2) is 0 Å². The first-order valence-corrected chi connectivity index (χ1v) is 6.69. The summed E-state index contributed by atoms with van der Waals surface area (Å²) in [6.45, 7) is 3.76. The molecule has 0 aromatic carbocycles. The predicted molar refractivity (Wildman–Crippen MR) is 66.7 cm³/mol. The molecule has 1 fully saturated rings. The lowest BCUT2D eigenvalue weighted by Crippen LogP contribution is -2.06. The molecule has 2 aliphatic carbocycles. The Morgan fingerprint density at radius 2 is 1.93 bits per heavy atom. The average Bonchev–Trinajstić information content (AvgIpc) is 2.85. The fourth-order valence-electron chi connectivity index (χ4n) is 3.28. The fourth-order valence-corrected chi connectivity index (χ4v) is 3.28. The molecule has 15 heavy (non-hydrogen) atoms. The van der Waals surface area contributed by atoms with E-state index in [1.165, 1.54) is 51.4 Å². The van der Waals surface area contributed by atoms with Gasteiger partial charge in [0.2, 0.25) is 0 Å². The number of hydrogen-bond acceptors (Lipinski definition) is 0. The Hall–Kier alpha value is -0.520. The summed E-state index contributed by atoms with van der Waals surface area (Å²) in [5, 5.41) is 0. The molecule has 2 aliphatic rings. The van der Waals surface area contributed by atoms with Crippen LogP contribution in [0, 0.1) is 17.8 Å². The average molecular weight is 204 g/mol. The molecule has 0 saturated heterocycles. The summed E-state index contributed by atoms with van der Waals surface area (Å²) in [5.41, 5.74) is 0. The van der Waals surface area contributed by atoms with Crippen molar-refractivity contribution in [2.45, 2.75) is 51.4 Å². The van der Waals surface area contributed by atoms with Gasteiger partial charge in [-0.3, -0.25) is 0 Å². The van der Waals surface area contributed by atoms with Gasteiger partial charge in [0.25, 0.3) is 0 Å². The zero-order valence-electron chi connectivity index (χ0n) is 9.83. The van der Waals surface area contributed by atoms with Crippen LogP contribution in [0.4, 0.5) is 0 Å². The molecule has 0 nitrogen and oxygen atoms in total. The summed E-state index contributed by atoms with van der Waals surface area (Å²) >= 11 is 0. The van der Waals surface area contributed by atoms with Gasteiger partial charge in [0.15, 0.2) is 0 Å². The monoisotopic (exact) mass is 204 g/mol. The highest BCUT2D eigenvalue weighted by atomic mass is 14.4. The van der Waals surface area contributed by atoms with Gasteiger partial charge in [0.05, 0.1) is 0 Å². The fraction of sp³-hybridized carbons (Fsp3) is 0.733. The van der Waals surface area contributed by atoms with Crippen LogP contribution in [0.25, 0.3) is 0 Å². The van der Waals surface area contributed by atoms with Crippen molar-refractivity contribution in [3.63, 3.8) is 0 Å². The summed E-state index contributed by atoms with van der Waals surface area (Å²) in [4.78, 5) is 0. The van der Waals surface area contributed by atoms with Crippen molar-refractivity contribution in [2.75, 3.05) is 0 Å². The van der Waals surface area contributed by atoms with Crippen LogP contribution in [0.3, 0.4) is 0 Å². The molecule has 2 bridgehead atoms. The van der Waals surface area contributed by atoms with Crippen molar-refractivity contribution in [3.8, 4) is 0 Å². The Kier molecular flexibility index (Phi) is 4.05. The molecule has 0 heteroatoms. The van der Waals surface area contributed by atoms with Gasteiger partial charge in [0.1, 0.15) is 0 Å². The van der Waals surface area contributed by atoms with Crippen molar-refractivity contribution in [1.82, 2.24) is 0 Å². The van der Waals surface area contributed by atoms with Crippen LogP contribution in [0.5, 0.6) is 0 Å². The molecule has 0 spiro atoms. The minimum absolute atomic E-state index is 0.959. The van der Waals surface area contributed by atoms with Crippen LogP contribution < -0.4 is 0 Å². The molecule has 3 atom stereocenters. The molecule has 0 aliphatic heterocycles. The lowest BCUT2D eigenvalue weighted by molar-refractivity contribution is 0.395. The third kappa shape index (κ3) is 2.96. The lowest BCUT2D eigenvalue weighted by atomic mass is 9.88. The van der Waals surface area contributed by atoms with Gasteiger partial charge in [-0.2, -0.15) is 0 Å². The molecular weight excluding hydrogens is 180 g/mol. The van der Waals surface area contributed by atoms with E-state index in [9.17, 15) is 0 Å². The van der Waals surface area contributed by atoms with Crippen molar-refractivity contribution >= 4 is 0 Å². The molecule has 84 valence electrons. The molecule has 0 amide bonds. The minimum atomic E-state index is 0.959. The zero-order valence-corrected chi connectivity index (χ0v) is 9.83. The largest absolute Gasteiger partial charge is 0.103 e. The number of hydrogen-bond donors (Lipinski definition) is 0. The normalized spacial score (nSPS) is 32.4. The highest BCUT2D eigenvalue weighted by Crippen LogP contribution is 2.45. The second-order valence-corrected chi connectivity index (χ2v) is 5.32. The Bertz CT molecular complexity index is 226. The van der Waals surface area contributed by atoms with Crippen LogP contribution in [0.1, 0.15) is 51.4 Å². The number of allylic oxidation sites excluding steroid dienone is 3. The zero-order chi connectivity index (χ0) is 10.5. The Labute approximate surface area is 94.5 Å². The van der Waals surface area contributed by atoms with Gasteiger partial charge < -0.3 is 0 Å². The second-order valence-electron chi connectivity index (χ2n) is 5.32. The molecule has 1 saturated carbocycles. The van der Waals surface area contributed by atoms with E-state index in [-0.39, 0.29) is 0 Å². The predicted octanol–water partition coefficient (Wildman–Crippen LogP) is 4.73. The Balaban J connectivity index is 1.52. The first-order chi connectivity index (χ1) is 7.40. The molecule has 2 rings (SSSR count). The van der Waals surface area contributed by atoms with Gasteiger partial charge in [-0.05, 0) is 49.9 Å². The van der Waals surface area contributed by atoms with Gasteiger partial charge in [0, 0.05) is 0 Å². The van der Waals surface area contributed by atoms with Gasteiger partial charge in [-0.25, -0.2) is 0 Å². The van der Waals surface area contributed by atoms with E-state index in [0.717, 1.165) is 17.8 Å². The van der Waals surface area contributed by atoms with Crippen LogP contribution in [0.2, 0.25) is 0 Å². The van der Waals surface area contributed by atoms with Crippen molar-refractivity contribution in [3.05, 3.63) is 24.8 Å². The maximum atomic E-state index is 3.76. The Morgan fingerprint density at radius 3 is 2.60 bits per heavy atom. The van der Waals surface area contributed by atoms with Crippen LogP contribution in [0.15, 0.2) is 24.8 Å². The highest BCUT2D eigenvalue weighted by Gasteiger charge is 2.34. The minimum Gasteiger partial charge on any atom is -0.103 e. The highest BCUT2D eigenvalue weighted by molar-refractivity contribution is 5.09. The van der Waals surface area contributed by atoms with E-state index in [4.69, 9.17) is 0 Å². The third-order valence-electron chi connectivity index (χ3n) is 4.15. The number of fused-ring (bicyclic) bond motifs is 2. The molecule has 0 radical (unpaired) electrons. The smallest absolute Gasteiger partial charge is 0.0199 e. The van der Waals surface area contributed by atoms with E-state index >= 15 is 0 Å². The van der Waals surface area contributed by atoms with Crippen molar-refractivity contribution < 1.29 is 0 Å².